The molecule has 8 nitrogen and oxygen atoms in total. The number of carbonyl (C=O) groups is 1. The highest BCUT2D eigenvalue weighted by atomic mass is 35.5. The van der Waals surface area contributed by atoms with E-state index in [4.69, 9.17) is 21.3 Å². The van der Waals surface area contributed by atoms with Gasteiger partial charge in [-0.2, -0.15) is 0 Å². The standard InChI is InChI=1S/C27H23ClN6O2/c1-36-24-12-5-2-7-19(24)16-30-25-26-29-13-14-34(26)17-23(32-25)18-8-6-9-20(15-18)31-27(35)33-22-11-4-3-10-21(22)28/h2-15,17H,16H2,1H3,(H,30,32)(H2,31,33,35). The number of aromatic nitrogens is 3. The summed E-state index contributed by atoms with van der Waals surface area (Å²) in [5, 5.41) is 9.46. The third kappa shape index (κ3) is 5.08. The van der Waals surface area contributed by atoms with Gasteiger partial charge < -0.3 is 25.1 Å². The third-order valence-corrected chi connectivity index (χ3v) is 5.88. The number of methoxy groups -OCH3 is 1. The summed E-state index contributed by atoms with van der Waals surface area (Å²) < 4.78 is 7.37. The topological polar surface area (TPSA) is 92.6 Å². The maximum atomic E-state index is 12.5. The van der Waals surface area contributed by atoms with E-state index in [0.717, 1.165) is 22.6 Å². The monoisotopic (exact) mass is 498 g/mol. The van der Waals surface area contributed by atoms with Crippen LogP contribution in [0.15, 0.2) is 91.4 Å². The molecule has 2 amide bonds. The molecule has 0 radical (unpaired) electrons. The number of hydrogen-bond acceptors (Lipinski definition) is 5. The highest BCUT2D eigenvalue weighted by molar-refractivity contribution is 6.33. The molecule has 5 aromatic rings. The minimum Gasteiger partial charge on any atom is -0.496 e. The Kier molecular flexibility index (Phi) is 6.68. The molecule has 3 aromatic carbocycles. The van der Waals surface area contributed by atoms with Crippen LogP contribution in [-0.2, 0) is 6.54 Å². The van der Waals surface area contributed by atoms with Gasteiger partial charge in [-0.05, 0) is 30.3 Å². The van der Waals surface area contributed by atoms with Crippen LogP contribution in [0.25, 0.3) is 16.9 Å². The normalized spacial score (nSPS) is 10.7. The van der Waals surface area contributed by atoms with E-state index in [2.05, 4.69) is 20.9 Å². The van der Waals surface area contributed by atoms with Gasteiger partial charge in [0.15, 0.2) is 11.5 Å². The van der Waals surface area contributed by atoms with Crippen LogP contribution >= 0.6 is 11.6 Å². The molecule has 0 spiro atoms. The van der Waals surface area contributed by atoms with Gasteiger partial charge in [-0.25, -0.2) is 14.8 Å². The van der Waals surface area contributed by atoms with E-state index in [1.807, 2.05) is 65.3 Å². The lowest BCUT2D eigenvalue weighted by Crippen LogP contribution is -2.19. The molecule has 0 aliphatic heterocycles. The summed E-state index contributed by atoms with van der Waals surface area (Å²) in [6.07, 6.45) is 5.50. The van der Waals surface area contributed by atoms with Gasteiger partial charge in [-0.15, -0.1) is 0 Å². The molecule has 3 N–H and O–H groups in total. The van der Waals surface area contributed by atoms with E-state index in [1.54, 1.807) is 37.6 Å². The van der Waals surface area contributed by atoms with Gasteiger partial charge in [0.05, 0.1) is 23.5 Å². The van der Waals surface area contributed by atoms with E-state index in [0.29, 0.717) is 34.4 Å². The highest BCUT2D eigenvalue weighted by Gasteiger charge is 2.12. The second-order valence-electron chi connectivity index (χ2n) is 7.94. The molecule has 9 heteroatoms. The largest absolute Gasteiger partial charge is 0.496 e. The number of anilines is 3. The van der Waals surface area contributed by atoms with Crippen LogP contribution in [0.1, 0.15) is 5.56 Å². The SMILES string of the molecule is COc1ccccc1CNc1nc(-c2cccc(NC(=O)Nc3ccccc3Cl)c2)cn2ccnc12. The predicted octanol–water partition coefficient (Wildman–Crippen LogP) is 6.31. The molecular weight excluding hydrogens is 476 g/mol. The van der Waals surface area contributed by atoms with Crippen molar-refractivity contribution in [1.29, 1.82) is 0 Å². The second-order valence-corrected chi connectivity index (χ2v) is 8.35. The average Bonchev–Trinajstić information content (AvgIpc) is 3.38. The number of ether oxygens (including phenoxy) is 1. The molecule has 0 aliphatic rings. The van der Waals surface area contributed by atoms with Gasteiger partial charge in [-0.1, -0.05) is 54.1 Å². The summed E-state index contributed by atoms with van der Waals surface area (Å²) in [5.41, 5.74) is 4.42. The lowest BCUT2D eigenvalue weighted by atomic mass is 10.1. The predicted molar refractivity (Wildman–Crippen MR) is 143 cm³/mol. The summed E-state index contributed by atoms with van der Waals surface area (Å²) in [6.45, 7) is 0.521. The molecule has 0 unspecified atom stereocenters. The summed E-state index contributed by atoms with van der Waals surface area (Å²) in [5.74, 6) is 1.44. The van der Waals surface area contributed by atoms with Crippen LogP contribution in [0.2, 0.25) is 5.02 Å². The number of halogens is 1. The molecular formula is C27H23ClN6O2. The number of para-hydroxylation sites is 2. The number of imidazole rings is 1. The van der Waals surface area contributed by atoms with Crippen molar-refractivity contribution in [3.63, 3.8) is 0 Å². The molecule has 0 bridgehead atoms. The van der Waals surface area contributed by atoms with Crippen molar-refractivity contribution >= 4 is 40.5 Å². The zero-order valence-electron chi connectivity index (χ0n) is 19.4. The molecule has 0 saturated carbocycles. The minimum absolute atomic E-state index is 0.391. The van der Waals surface area contributed by atoms with Crippen molar-refractivity contribution in [2.24, 2.45) is 0 Å². The first-order valence-electron chi connectivity index (χ1n) is 11.2. The zero-order valence-corrected chi connectivity index (χ0v) is 20.2. The van der Waals surface area contributed by atoms with Crippen molar-refractivity contribution in [2.75, 3.05) is 23.1 Å². The number of urea groups is 1. The van der Waals surface area contributed by atoms with E-state index < -0.39 is 6.03 Å². The summed E-state index contributed by atoms with van der Waals surface area (Å²) in [6, 6.07) is 22.0. The van der Waals surface area contributed by atoms with Crippen molar-refractivity contribution in [3.8, 4) is 17.0 Å². The van der Waals surface area contributed by atoms with Crippen LogP contribution in [-0.4, -0.2) is 27.5 Å². The van der Waals surface area contributed by atoms with E-state index in [1.165, 1.54) is 0 Å². The molecule has 5 rings (SSSR count). The van der Waals surface area contributed by atoms with Crippen LogP contribution in [0.4, 0.5) is 22.0 Å². The lowest BCUT2D eigenvalue weighted by molar-refractivity contribution is 0.262. The number of hydrogen-bond donors (Lipinski definition) is 3. The first kappa shape index (κ1) is 23.2. The number of carbonyl (C=O) groups excluding carboxylic acids is 1. The summed E-state index contributed by atoms with van der Waals surface area (Å²) in [4.78, 5) is 21.8. The van der Waals surface area contributed by atoms with Crippen LogP contribution in [0, 0.1) is 0 Å². The lowest BCUT2D eigenvalue weighted by Gasteiger charge is -2.13. The second kappa shape index (κ2) is 10.4. The van der Waals surface area contributed by atoms with Crippen molar-refractivity contribution in [1.82, 2.24) is 14.4 Å². The molecule has 2 aromatic heterocycles. The molecule has 180 valence electrons. The molecule has 0 saturated heterocycles. The maximum absolute atomic E-state index is 12.5. The van der Waals surface area contributed by atoms with Gasteiger partial charge in [0.2, 0.25) is 0 Å². The van der Waals surface area contributed by atoms with Crippen molar-refractivity contribution < 1.29 is 9.53 Å². The molecule has 0 aliphatic carbocycles. The van der Waals surface area contributed by atoms with Crippen LogP contribution in [0.5, 0.6) is 5.75 Å². The minimum atomic E-state index is -0.391. The Balaban J connectivity index is 1.38. The van der Waals surface area contributed by atoms with E-state index >= 15 is 0 Å². The van der Waals surface area contributed by atoms with Crippen molar-refractivity contribution in [3.05, 3.63) is 102 Å². The van der Waals surface area contributed by atoms with Gasteiger partial charge >= 0.3 is 6.03 Å². The van der Waals surface area contributed by atoms with Gasteiger partial charge in [0.1, 0.15) is 5.75 Å². The van der Waals surface area contributed by atoms with Gasteiger partial charge in [0.25, 0.3) is 0 Å². The van der Waals surface area contributed by atoms with Crippen LogP contribution < -0.4 is 20.7 Å². The van der Waals surface area contributed by atoms with E-state index in [-0.39, 0.29) is 0 Å². The fourth-order valence-electron chi connectivity index (χ4n) is 3.82. The Bertz CT molecular complexity index is 1530. The Labute approximate surface area is 212 Å². The molecule has 36 heavy (non-hydrogen) atoms. The average molecular weight is 499 g/mol. The number of amides is 2. The highest BCUT2D eigenvalue weighted by Crippen LogP contribution is 2.26. The third-order valence-electron chi connectivity index (χ3n) is 5.55. The number of nitrogens with zero attached hydrogens (tertiary/aromatic N) is 3. The van der Waals surface area contributed by atoms with Crippen molar-refractivity contribution in [2.45, 2.75) is 6.54 Å². The number of nitrogens with one attached hydrogen (secondary N) is 3. The van der Waals surface area contributed by atoms with Gasteiger partial charge in [0, 0.05) is 41.9 Å². The maximum Gasteiger partial charge on any atom is 0.323 e. The van der Waals surface area contributed by atoms with Gasteiger partial charge in [-0.3, -0.25) is 0 Å². The Morgan fingerprint density at radius 3 is 2.72 bits per heavy atom. The van der Waals surface area contributed by atoms with Crippen LogP contribution in [0.3, 0.4) is 0 Å². The smallest absolute Gasteiger partial charge is 0.323 e. The first-order chi connectivity index (χ1) is 17.6. The molecule has 0 fully saturated rings. The summed E-state index contributed by atoms with van der Waals surface area (Å²) >= 11 is 6.14. The number of fused-ring (bicyclic) bond motifs is 1. The van der Waals surface area contributed by atoms with E-state index in [9.17, 15) is 4.79 Å². The summed E-state index contributed by atoms with van der Waals surface area (Å²) in [7, 11) is 1.65. The zero-order chi connectivity index (χ0) is 24.9. The number of benzene rings is 3. The fraction of sp³-hybridized carbons (Fsp3) is 0.0741. The first-order valence-corrected chi connectivity index (χ1v) is 11.6. The Hall–Kier alpha value is -4.56. The molecule has 2 heterocycles. The fourth-order valence-corrected chi connectivity index (χ4v) is 4.00. The Morgan fingerprint density at radius 2 is 1.86 bits per heavy atom. The molecule has 0 atom stereocenters. The number of rotatable bonds is 7. The quantitative estimate of drug-likeness (QED) is 0.244. The Morgan fingerprint density at radius 1 is 1.03 bits per heavy atom.